The van der Waals surface area contributed by atoms with Crippen molar-refractivity contribution in [3.63, 3.8) is 0 Å². The summed E-state index contributed by atoms with van der Waals surface area (Å²) in [5.74, 6) is -0.510. The van der Waals surface area contributed by atoms with Crippen LogP contribution in [0.1, 0.15) is 12.8 Å². The molecule has 2 aliphatic heterocycles. The van der Waals surface area contributed by atoms with E-state index in [2.05, 4.69) is 11.9 Å². The molecule has 1 unspecified atom stereocenters. The van der Waals surface area contributed by atoms with Gasteiger partial charge in [-0.15, -0.1) is 0 Å². The van der Waals surface area contributed by atoms with Crippen LogP contribution in [0.3, 0.4) is 0 Å². The van der Waals surface area contributed by atoms with Gasteiger partial charge in [-0.3, -0.25) is 9.59 Å². The highest BCUT2D eigenvalue weighted by molar-refractivity contribution is 5.90. The summed E-state index contributed by atoms with van der Waals surface area (Å²) in [6.45, 7) is 4.24. The molecule has 0 aliphatic carbocycles. The van der Waals surface area contributed by atoms with Gasteiger partial charge in [0.25, 0.3) is 5.91 Å². The molecule has 0 bridgehead atoms. The maximum Gasteiger partial charge on any atom is 0.328 e. The van der Waals surface area contributed by atoms with Gasteiger partial charge in [-0.25, -0.2) is 4.79 Å². The lowest BCUT2D eigenvalue weighted by Gasteiger charge is -2.29. The van der Waals surface area contributed by atoms with Crippen molar-refractivity contribution in [2.75, 3.05) is 20.2 Å². The van der Waals surface area contributed by atoms with Crippen molar-refractivity contribution in [2.24, 2.45) is 0 Å². The molecule has 1 fully saturated rings. The van der Waals surface area contributed by atoms with Crippen molar-refractivity contribution in [1.29, 1.82) is 0 Å². The number of amides is 2. The van der Waals surface area contributed by atoms with Crippen molar-refractivity contribution < 1.29 is 19.1 Å². The molecule has 0 aromatic carbocycles. The number of carbonyl (C=O) groups excluding carboxylic acids is 3. The SMILES string of the molecule is C=C1NC(=O)C=CN1CC(=O)N1CCCC1C(=O)OC. The second-order valence-corrected chi connectivity index (χ2v) is 4.65. The Morgan fingerprint density at radius 3 is 2.95 bits per heavy atom. The predicted molar refractivity (Wildman–Crippen MR) is 69.9 cm³/mol. The van der Waals surface area contributed by atoms with Crippen LogP contribution in [0.5, 0.6) is 0 Å². The minimum Gasteiger partial charge on any atom is -0.467 e. The highest BCUT2D eigenvalue weighted by Crippen LogP contribution is 2.19. The van der Waals surface area contributed by atoms with Gasteiger partial charge in [0.2, 0.25) is 5.91 Å². The minimum absolute atomic E-state index is 0.0309. The first kappa shape index (κ1) is 14.1. The normalized spacial score (nSPS) is 21.9. The van der Waals surface area contributed by atoms with Gasteiger partial charge in [0.05, 0.1) is 7.11 Å². The van der Waals surface area contributed by atoms with Crippen LogP contribution in [0.4, 0.5) is 0 Å². The average Bonchev–Trinajstić information content (AvgIpc) is 2.90. The smallest absolute Gasteiger partial charge is 0.328 e. The van der Waals surface area contributed by atoms with E-state index < -0.39 is 12.0 Å². The van der Waals surface area contributed by atoms with E-state index in [1.54, 1.807) is 0 Å². The number of carbonyl (C=O) groups is 3. The fourth-order valence-electron chi connectivity index (χ4n) is 2.33. The second-order valence-electron chi connectivity index (χ2n) is 4.65. The van der Waals surface area contributed by atoms with Crippen LogP contribution in [0, 0.1) is 0 Å². The van der Waals surface area contributed by atoms with Crippen molar-refractivity contribution in [2.45, 2.75) is 18.9 Å². The van der Waals surface area contributed by atoms with Gasteiger partial charge < -0.3 is 19.9 Å². The first-order chi connectivity index (χ1) is 9.52. The van der Waals surface area contributed by atoms with Crippen molar-refractivity contribution >= 4 is 17.8 Å². The third-order valence-corrected chi connectivity index (χ3v) is 3.37. The molecule has 2 heterocycles. The standard InChI is InChI=1S/C13H17N3O4/c1-9-14-11(17)5-7-15(9)8-12(18)16-6-3-4-10(16)13(19)20-2/h5,7,10H,1,3-4,6,8H2,2H3,(H,14,17). The second kappa shape index (κ2) is 5.77. The summed E-state index contributed by atoms with van der Waals surface area (Å²) in [6, 6.07) is -0.510. The lowest BCUT2D eigenvalue weighted by atomic mass is 10.2. The Morgan fingerprint density at radius 1 is 1.55 bits per heavy atom. The number of hydrogen-bond donors (Lipinski definition) is 1. The van der Waals surface area contributed by atoms with Crippen molar-refractivity contribution in [3.8, 4) is 0 Å². The highest BCUT2D eigenvalue weighted by Gasteiger charge is 2.35. The fourth-order valence-corrected chi connectivity index (χ4v) is 2.33. The van der Waals surface area contributed by atoms with Crippen LogP contribution in [-0.4, -0.2) is 53.8 Å². The molecule has 2 aliphatic rings. The van der Waals surface area contributed by atoms with Gasteiger partial charge in [0.15, 0.2) is 0 Å². The summed E-state index contributed by atoms with van der Waals surface area (Å²) < 4.78 is 4.70. The minimum atomic E-state index is -0.510. The third-order valence-electron chi connectivity index (χ3n) is 3.37. The van der Waals surface area contributed by atoms with Gasteiger partial charge in [-0.2, -0.15) is 0 Å². The van der Waals surface area contributed by atoms with Crippen molar-refractivity contribution in [1.82, 2.24) is 15.1 Å². The van der Waals surface area contributed by atoms with Crippen LogP contribution in [0.25, 0.3) is 0 Å². The molecule has 0 aromatic heterocycles. The Kier molecular flexibility index (Phi) is 4.07. The molecular weight excluding hydrogens is 262 g/mol. The number of rotatable bonds is 3. The first-order valence-electron chi connectivity index (χ1n) is 6.35. The van der Waals surface area contributed by atoms with Gasteiger partial charge in [-0.05, 0) is 12.8 Å². The molecule has 2 rings (SSSR count). The van der Waals surface area contributed by atoms with E-state index >= 15 is 0 Å². The zero-order valence-corrected chi connectivity index (χ0v) is 11.3. The quantitative estimate of drug-likeness (QED) is 0.709. The molecule has 1 saturated heterocycles. The Labute approximate surface area is 116 Å². The zero-order chi connectivity index (χ0) is 14.7. The number of ether oxygens (including phenoxy) is 1. The maximum absolute atomic E-state index is 12.3. The number of nitrogens with zero attached hydrogens (tertiary/aromatic N) is 2. The zero-order valence-electron chi connectivity index (χ0n) is 11.3. The van der Waals surface area contributed by atoms with Gasteiger partial charge in [-0.1, -0.05) is 6.58 Å². The summed E-state index contributed by atoms with van der Waals surface area (Å²) in [4.78, 5) is 38.0. The topological polar surface area (TPSA) is 79.0 Å². The summed E-state index contributed by atoms with van der Waals surface area (Å²) in [5.41, 5.74) is 0. The van der Waals surface area contributed by atoms with Crippen LogP contribution in [-0.2, 0) is 19.1 Å². The van der Waals surface area contributed by atoms with Crippen LogP contribution >= 0.6 is 0 Å². The van der Waals surface area contributed by atoms with Crippen LogP contribution < -0.4 is 5.32 Å². The number of esters is 1. The molecule has 0 spiro atoms. The lowest BCUT2D eigenvalue weighted by Crippen LogP contribution is -2.46. The van der Waals surface area contributed by atoms with Gasteiger partial charge in [0.1, 0.15) is 18.4 Å². The summed E-state index contributed by atoms with van der Waals surface area (Å²) in [7, 11) is 1.31. The average molecular weight is 279 g/mol. The van der Waals surface area contributed by atoms with Crippen molar-refractivity contribution in [3.05, 3.63) is 24.7 Å². The Bertz CT molecular complexity index is 486. The van der Waals surface area contributed by atoms with Crippen LogP contribution in [0.2, 0.25) is 0 Å². The first-order valence-corrected chi connectivity index (χ1v) is 6.35. The lowest BCUT2D eigenvalue weighted by molar-refractivity contribution is -0.151. The van der Waals surface area contributed by atoms with E-state index in [1.165, 1.54) is 29.2 Å². The van der Waals surface area contributed by atoms with Gasteiger partial charge in [0, 0.05) is 18.8 Å². The summed E-state index contributed by atoms with van der Waals surface area (Å²) in [6.07, 6.45) is 4.22. The largest absolute Gasteiger partial charge is 0.467 e. The highest BCUT2D eigenvalue weighted by atomic mass is 16.5. The van der Waals surface area contributed by atoms with E-state index in [0.29, 0.717) is 18.8 Å². The maximum atomic E-state index is 12.3. The Balaban J connectivity index is 2.01. The molecule has 7 heteroatoms. The number of nitrogens with one attached hydrogen (secondary N) is 1. The monoisotopic (exact) mass is 279 g/mol. The Hall–Kier alpha value is -2.31. The van der Waals surface area contributed by atoms with E-state index in [-0.39, 0.29) is 18.4 Å². The molecule has 0 radical (unpaired) electrons. The molecule has 0 saturated carbocycles. The Morgan fingerprint density at radius 2 is 2.30 bits per heavy atom. The molecule has 7 nitrogen and oxygen atoms in total. The molecule has 1 atom stereocenters. The molecule has 1 N–H and O–H groups in total. The molecule has 2 amide bonds. The number of methoxy groups -OCH3 is 1. The van der Waals surface area contributed by atoms with Crippen LogP contribution in [0.15, 0.2) is 24.7 Å². The summed E-state index contributed by atoms with van der Waals surface area (Å²) >= 11 is 0. The van der Waals surface area contributed by atoms with E-state index in [1.807, 2.05) is 0 Å². The fraction of sp³-hybridized carbons (Fsp3) is 0.462. The number of likely N-dealkylation sites (tertiary alicyclic amines) is 1. The molecule has 20 heavy (non-hydrogen) atoms. The van der Waals surface area contributed by atoms with E-state index in [4.69, 9.17) is 4.74 Å². The predicted octanol–water partition coefficient (Wildman–Crippen LogP) is -0.433. The third kappa shape index (κ3) is 2.81. The van der Waals surface area contributed by atoms with E-state index in [0.717, 1.165) is 6.42 Å². The molecular formula is C13H17N3O4. The number of hydrogen-bond acceptors (Lipinski definition) is 5. The van der Waals surface area contributed by atoms with E-state index in [9.17, 15) is 14.4 Å². The molecule has 108 valence electrons. The van der Waals surface area contributed by atoms with Gasteiger partial charge >= 0.3 is 5.97 Å². The molecule has 0 aromatic rings. The summed E-state index contributed by atoms with van der Waals surface area (Å²) in [5, 5.41) is 2.51.